The molecule has 1 atom stereocenters. The zero-order chi connectivity index (χ0) is 23.7. The molecule has 4 N–H and O–H groups in total. The lowest BCUT2D eigenvalue weighted by molar-refractivity contribution is -0.132. The number of ether oxygens (including phenoxy) is 1. The van der Waals surface area contributed by atoms with Gasteiger partial charge in [-0.2, -0.15) is 0 Å². The third-order valence-electron chi connectivity index (χ3n) is 7.41. The zero-order valence-electron chi connectivity index (χ0n) is 18.5. The summed E-state index contributed by atoms with van der Waals surface area (Å²) in [6, 6.07) is 12.9. The third kappa shape index (κ3) is 4.28. The number of benzene rings is 2. The molecular formula is C24H30N2O6S. The molecule has 2 fully saturated rings. The van der Waals surface area contributed by atoms with Crippen molar-refractivity contribution >= 4 is 21.8 Å². The molecule has 1 saturated carbocycles. The minimum absolute atomic E-state index is 0.0331. The van der Waals surface area contributed by atoms with Gasteiger partial charge < -0.3 is 15.2 Å². The van der Waals surface area contributed by atoms with E-state index >= 15 is 0 Å². The molecule has 1 aliphatic carbocycles. The van der Waals surface area contributed by atoms with E-state index in [1.807, 2.05) is 5.48 Å². The predicted octanol–water partition coefficient (Wildman–Crippen LogP) is 2.98. The fourth-order valence-corrected chi connectivity index (χ4v) is 8.18. The maximum Gasteiger partial charge on any atom is 0.335 e. The van der Waals surface area contributed by atoms with Crippen LogP contribution in [0.5, 0.6) is 11.5 Å². The highest BCUT2D eigenvalue weighted by Crippen LogP contribution is 2.55. The standard InChI is InChI=1S/C24H30N2O6S/c1-33(31,24(22(29)26-30)11-10-23(16-24)12-14-25-15-13-23)20-8-6-19(7-9-20)32-18-4-2-17(3-5-18)21(27)28/h2-9,25,30,33H,10-16H2,1H3,(H,26,29)(H,27,28). The normalized spacial score (nSPS) is 22.6. The van der Waals surface area contributed by atoms with Gasteiger partial charge in [0, 0.05) is 4.90 Å². The highest BCUT2D eigenvalue weighted by Gasteiger charge is 2.58. The molecule has 9 heteroatoms. The van der Waals surface area contributed by atoms with Crippen LogP contribution in [0.25, 0.3) is 0 Å². The minimum Gasteiger partial charge on any atom is -0.478 e. The predicted molar refractivity (Wildman–Crippen MR) is 125 cm³/mol. The lowest BCUT2D eigenvalue weighted by Gasteiger charge is -2.41. The van der Waals surface area contributed by atoms with Gasteiger partial charge >= 0.3 is 5.97 Å². The van der Waals surface area contributed by atoms with Crippen LogP contribution in [-0.2, 0) is 14.7 Å². The quantitative estimate of drug-likeness (QED) is 0.248. The Balaban J connectivity index is 1.58. The molecule has 1 aliphatic heterocycles. The van der Waals surface area contributed by atoms with Crippen LogP contribution in [0.4, 0.5) is 0 Å². The van der Waals surface area contributed by atoms with Gasteiger partial charge in [0.2, 0.25) is 0 Å². The number of thiol groups is 1. The van der Waals surface area contributed by atoms with E-state index in [4.69, 9.17) is 9.84 Å². The second-order valence-electron chi connectivity index (χ2n) is 9.25. The Labute approximate surface area is 193 Å². The van der Waals surface area contributed by atoms with Crippen molar-refractivity contribution in [3.8, 4) is 11.5 Å². The largest absolute Gasteiger partial charge is 0.478 e. The van der Waals surface area contributed by atoms with Crippen molar-refractivity contribution < 1.29 is 28.8 Å². The van der Waals surface area contributed by atoms with E-state index < -0.39 is 26.6 Å². The molecule has 1 amide bonds. The van der Waals surface area contributed by atoms with Crippen LogP contribution in [0, 0.1) is 5.41 Å². The molecule has 8 nitrogen and oxygen atoms in total. The van der Waals surface area contributed by atoms with Gasteiger partial charge in [-0.05, 0) is 105 Å². The van der Waals surface area contributed by atoms with E-state index in [9.17, 15) is 19.0 Å². The van der Waals surface area contributed by atoms with Crippen molar-refractivity contribution in [1.29, 1.82) is 0 Å². The van der Waals surface area contributed by atoms with Gasteiger partial charge in [-0.15, -0.1) is 0 Å². The molecule has 2 aromatic rings. The number of nitrogens with one attached hydrogen (secondary N) is 2. The van der Waals surface area contributed by atoms with Crippen molar-refractivity contribution in [2.75, 3.05) is 19.3 Å². The maximum absolute atomic E-state index is 14.3. The van der Waals surface area contributed by atoms with E-state index in [1.54, 1.807) is 42.7 Å². The van der Waals surface area contributed by atoms with Crippen LogP contribution in [0.15, 0.2) is 53.4 Å². The number of carboxylic acids is 1. The second-order valence-corrected chi connectivity index (χ2v) is 12.5. The topological polar surface area (TPSA) is 125 Å². The van der Waals surface area contributed by atoms with Crippen LogP contribution in [0.3, 0.4) is 0 Å². The Bertz CT molecular complexity index is 1080. The van der Waals surface area contributed by atoms with Gasteiger partial charge in [-0.25, -0.2) is 10.3 Å². The van der Waals surface area contributed by atoms with Crippen LogP contribution < -0.4 is 15.5 Å². The van der Waals surface area contributed by atoms with E-state index in [0.717, 1.165) is 32.4 Å². The Hall–Kier alpha value is -2.75. The first-order valence-electron chi connectivity index (χ1n) is 11.1. The summed E-state index contributed by atoms with van der Waals surface area (Å²) < 4.78 is 18.9. The smallest absolute Gasteiger partial charge is 0.335 e. The summed E-state index contributed by atoms with van der Waals surface area (Å²) >= 11 is 0. The number of aromatic carboxylic acids is 1. The summed E-state index contributed by atoms with van der Waals surface area (Å²) in [5.41, 5.74) is 1.94. The van der Waals surface area contributed by atoms with Gasteiger partial charge in [0.05, 0.1) is 5.56 Å². The number of carbonyl (C=O) groups excluding carboxylic acids is 1. The first-order chi connectivity index (χ1) is 15.7. The average molecular weight is 475 g/mol. The molecule has 1 spiro atoms. The van der Waals surface area contributed by atoms with Crippen LogP contribution in [-0.4, -0.2) is 50.5 Å². The minimum atomic E-state index is -3.22. The lowest BCUT2D eigenvalue weighted by atomic mass is 9.77. The highest BCUT2D eigenvalue weighted by atomic mass is 32.2. The third-order valence-corrected chi connectivity index (χ3v) is 10.9. The number of rotatable bonds is 6. The average Bonchev–Trinajstić information content (AvgIpc) is 3.20. The van der Waals surface area contributed by atoms with Crippen molar-refractivity contribution in [2.45, 2.75) is 41.7 Å². The van der Waals surface area contributed by atoms with Crippen molar-refractivity contribution in [3.63, 3.8) is 0 Å². The molecule has 1 saturated heterocycles. The van der Waals surface area contributed by atoms with Gasteiger partial charge in [0.1, 0.15) is 16.2 Å². The first-order valence-corrected chi connectivity index (χ1v) is 13.2. The van der Waals surface area contributed by atoms with Crippen molar-refractivity contribution in [2.24, 2.45) is 5.41 Å². The van der Waals surface area contributed by atoms with E-state index in [-0.39, 0.29) is 11.0 Å². The SMILES string of the molecule is C[SH](=O)(c1ccc(Oc2ccc(C(=O)O)cc2)cc1)C1(C(=O)NO)CCC2(CCNCC2)C1. The Morgan fingerprint density at radius 3 is 2.09 bits per heavy atom. The fraction of sp³-hybridized carbons (Fsp3) is 0.417. The molecule has 178 valence electrons. The Morgan fingerprint density at radius 2 is 1.55 bits per heavy atom. The highest BCUT2D eigenvalue weighted by molar-refractivity contribution is 8.04. The van der Waals surface area contributed by atoms with Crippen LogP contribution in [0.2, 0.25) is 0 Å². The van der Waals surface area contributed by atoms with Gasteiger partial charge in [-0.1, -0.05) is 9.93 Å². The van der Waals surface area contributed by atoms with E-state index in [0.29, 0.717) is 29.2 Å². The van der Waals surface area contributed by atoms with Gasteiger partial charge in [0.25, 0.3) is 5.91 Å². The molecule has 0 radical (unpaired) electrons. The molecule has 2 aromatic carbocycles. The summed E-state index contributed by atoms with van der Waals surface area (Å²) in [4.78, 5) is 24.5. The molecule has 4 rings (SSSR count). The molecular weight excluding hydrogens is 444 g/mol. The summed E-state index contributed by atoms with van der Waals surface area (Å²) in [5, 5.41) is 21.9. The summed E-state index contributed by atoms with van der Waals surface area (Å²) in [7, 11) is -3.22. The van der Waals surface area contributed by atoms with E-state index in [1.165, 1.54) is 12.1 Å². The maximum atomic E-state index is 14.3. The van der Waals surface area contributed by atoms with Crippen LogP contribution in [0.1, 0.15) is 42.5 Å². The summed E-state index contributed by atoms with van der Waals surface area (Å²) in [6.07, 6.45) is 5.29. The number of piperidine rings is 1. The fourth-order valence-electron chi connectivity index (χ4n) is 5.36. The van der Waals surface area contributed by atoms with Gasteiger partial charge in [0.15, 0.2) is 0 Å². The zero-order valence-corrected chi connectivity index (χ0v) is 19.4. The van der Waals surface area contributed by atoms with Crippen LogP contribution >= 0.6 is 0 Å². The number of hydroxylamine groups is 1. The molecule has 0 bridgehead atoms. The van der Waals surface area contributed by atoms with Crippen molar-refractivity contribution in [3.05, 3.63) is 54.1 Å². The second kappa shape index (κ2) is 8.89. The number of hydrogen-bond acceptors (Lipinski definition) is 6. The monoisotopic (exact) mass is 474 g/mol. The Kier molecular flexibility index (Phi) is 6.30. The van der Waals surface area contributed by atoms with Crippen molar-refractivity contribution in [1.82, 2.24) is 10.8 Å². The van der Waals surface area contributed by atoms with E-state index in [2.05, 4.69) is 5.32 Å². The number of carboxylic acid groups (broad SMARTS) is 1. The number of hydrogen-bond donors (Lipinski definition) is 5. The number of amides is 1. The molecule has 1 unspecified atom stereocenters. The van der Waals surface area contributed by atoms with Gasteiger partial charge in [-0.3, -0.25) is 14.2 Å². The first kappa shape index (κ1) is 23.4. The number of carbonyl (C=O) groups is 2. The Morgan fingerprint density at radius 1 is 0.970 bits per heavy atom. The summed E-state index contributed by atoms with van der Waals surface area (Å²) in [6.45, 7) is 1.76. The molecule has 1 heterocycles. The molecule has 0 aromatic heterocycles. The molecule has 2 aliphatic rings. The summed E-state index contributed by atoms with van der Waals surface area (Å²) in [5.74, 6) is -0.595. The molecule has 33 heavy (non-hydrogen) atoms. The lowest BCUT2D eigenvalue weighted by Crippen LogP contribution is -2.54.